The average molecular weight is 345 g/mol. The summed E-state index contributed by atoms with van der Waals surface area (Å²) < 4.78 is 10.0. The first-order valence-corrected chi connectivity index (χ1v) is 6.84. The van der Waals surface area contributed by atoms with Gasteiger partial charge in [-0.3, -0.25) is 14.4 Å². The van der Waals surface area contributed by atoms with Crippen LogP contribution in [0.15, 0.2) is 22.2 Å². The molecule has 1 atom stereocenters. The van der Waals surface area contributed by atoms with E-state index in [2.05, 4.69) is 0 Å². The van der Waals surface area contributed by atoms with Gasteiger partial charge in [0.2, 0.25) is 11.6 Å². The van der Waals surface area contributed by atoms with E-state index in [0.717, 1.165) is 6.92 Å². The van der Waals surface area contributed by atoms with Crippen LogP contribution in [0, 0.1) is 0 Å². The van der Waals surface area contributed by atoms with Crippen LogP contribution in [0.3, 0.4) is 0 Å². The second-order valence-electron chi connectivity index (χ2n) is 4.41. The quantitative estimate of drug-likeness (QED) is 0.514. The Bertz CT molecular complexity index is 720. The molecule has 6 nitrogen and oxygen atoms in total. The minimum atomic E-state index is -1.23. The van der Waals surface area contributed by atoms with Crippen LogP contribution in [0.4, 0.5) is 0 Å². The van der Waals surface area contributed by atoms with Crippen molar-refractivity contribution in [2.24, 2.45) is 0 Å². The number of rotatable bonds is 3. The Kier molecular flexibility index (Phi) is 4.55. The lowest BCUT2D eigenvalue weighted by atomic mass is 9.92. The van der Waals surface area contributed by atoms with Crippen LogP contribution in [0.5, 0.6) is 11.5 Å². The second kappa shape index (κ2) is 6.08. The fourth-order valence-electron chi connectivity index (χ4n) is 1.96. The lowest BCUT2D eigenvalue weighted by Gasteiger charge is -2.21. The second-order valence-corrected chi connectivity index (χ2v) is 5.16. The first kappa shape index (κ1) is 16.5. The van der Waals surface area contributed by atoms with E-state index in [1.165, 1.54) is 19.1 Å². The Morgan fingerprint density at radius 2 is 1.55 bits per heavy atom. The van der Waals surface area contributed by atoms with Crippen LogP contribution in [0.2, 0.25) is 0 Å². The highest BCUT2D eigenvalue weighted by Crippen LogP contribution is 2.40. The van der Waals surface area contributed by atoms with Crippen molar-refractivity contribution in [3.8, 4) is 11.5 Å². The van der Waals surface area contributed by atoms with Gasteiger partial charge >= 0.3 is 5.97 Å². The molecule has 1 aromatic carbocycles. The molecule has 1 aliphatic carbocycles. The summed E-state index contributed by atoms with van der Waals surface area (Å²) in [5.41, 5.74) is -0.438. The number of halogens is 2. The van der Waals surface area contributed by atoms with Gasteiger partial charge in [0.15, 0.2) is 6.29 Å². The van der Waals surface area contributed by atoms with Gasteiger partial charge in [0, 0.05) is 6.92 Å². The Labute approximate surface area is 135 Å². The van der Waals surface area contributed by atoms with Gasteiger partial charge in [-0.05, 0) is 19.1 Å². The Morgan fingerprint density at radius 1 is 1.09 bits per heavy atom. The standard InChI is InChI=1S/C14H10Cl2O6/c1-5(17)21-7-3-4-8(22-6(2)18)10-9(7)13(19)11(15)12(16)14(10)20/h3-5,17H,1-2H3. The highest BCUT2D eigenvalue weighted by molar-refractivity contribution is 6.59. The van der Waals surface area contributed by atoms with Crippen LogP contribution in [0.25, 0.3) is 0 Å². The molecule has 0 amide bonds. The molecule has 0 spiro atoms. The third-order valence-corrected chi connectivity index (χ3v) is 3.54. The number of ether oxygens (including phenoxy) is 2. The molecule has 0 bridgehead atoms. The zero-order chi connectivity index (χ0) is 16.6. The topological polar surface area (TPSA) is 89.9 Å². The molecule has 8 heteroatoms. The van der Waals surface area contributed by atoms with E-state index in [1.807, 2.05) is 0 Å². The van der Waals surface area contributed by atoms with Crippen molar-refractivity contribution < 1.29 is 29.0 Å². The fourth-order valence-corrected chi connectivity index (χ4v) is 2.32. The van der Waals surface area contributed by atoms with Crippen LogP contribution in [0.1, 0.15) is 34.6 Å². The van der Waals surface area contributed by atoms with Gasteiger partial charge in [0.1, 0.15) is 21.6 Å². The molecule has 0 radical (unpaired) electrons. The van der Waals surface area contributed by atoms with Gasteiger partial charge in [-0.2, -0.15) is 0 Å². The number of benzene rings is 1. The van der Waals surface area contributed by atoms with Crippen molar-refractivity contribution in [1.29, 1.82) is 0 Å². The zero-order valence-corrected chi connectivity index (χ0v) is 13.0. The summed E-state index contributed by atoms with van der Waals surface area (Å²) in [6.07, 6.45) is -1.23. The maximum atomic E-state index is 12.3. The predicted octanol–water partition coefficient (Wildman–Crippen LogP) is 2.40. The minimum absolute atomic E-state index is 0.0680. The molecule has 0 aromatic heterocycles. The predicted molar refractivity (Wildman–Crippen MR) is 77.5 cm³/mol. The van der Waals surface area contributed by atoms with E-state index in [9.17, 15) is 19.5 Å². The van der Waals surface area contributed by atoms with Gasteiger partial charge in [-0.15, -0.1) is 0 Å². The average Bonchev–Trinajstić information content (AvgIpc) is 2.42. The first-order chi connectivity index (χ1) is 10.2. The summed E-state index contributed by atoms with van der Waals surface area (Å²) in [5, 5.41) is 8.38. The van der Waals surface area contributed by atoms with Crippen molar-refractivity contribution in [1.82, 2.24) is 0 Å². The van der Waals surface area contributed by atoms with Crippen LogP contribution in [-0.4, -0.2) is 28.9 Å². The minimum Gasteiger partial charge on any atom is -0.465 e. The van der Waals surface area contributed by atoms with Gasteiger partial charge in [0.05, 0.1) is 11.1 Å². The lowest BCUT2D eigenvalue weighted by molar-refractivity contribution is -0.131. The Balaban J connectivity index is 2.73. The number of hydrogen-bond acceptors (Lipinski definition) is 6. The molecule has 0 aliphatic heterocycles. The van der Waals surface area contributed by atoms with Crippen molar-refractivity contribution in [3.63, 3.8) is 0 Å². The van der Waals surface area contributed by atoms with Crippen LogP contribution in [-0.2, 0) is 4.79 Å². The third-order valence-electron chi connectivity index (χ3n) is 2.73. The number of esters is 1. The molecule has 0 saturated heterocycles. The molecule has 2 rings (SSSR count). The number of aliphatic hydroxyl groups excluding tert-OH is 1. The van der Waals surface area contributed by atoms with Gasteiger partial charge in [0.25, 0.3) is 0 Å². The Hall–Kier alpha value is -1.89. The SMILES string of the molecule is CC(=O)Oc1ccc(OC(C)O)c2c1C(=O)C(Cl)=C(Cl)C2=O. The van der Waals surface area contributed by atoms with Crippen LogP contribution >= 0.6 is 23.2 Å². The largest absolute Gasteiger partial charge is 0.465 e. The number of aliphatic hydroxyl groups is 1. The summed E-state index contributed by atoms with van der Waals surface area (Å²) in [7, 11) is 0. The number of hydrogen-bond donors (Lipinski definition) is 1. The summed E-state index contributed by atoms with van der Waals surface area (Å²) in [5.74, 6) is -2.41. The molecular formula is C14H10Cl2O6. The first-order valence-electron chi connectivity index (χ1n) is 6.08. The number of ketones is 2. The summed E-state index contributed by atoms with van der Waals surface area (Å²) in [4.78, 5) is 35.7. The van der Waals surface area contributed by atoms with Gasteiger partial charge in [-0.25, -0.2) is 0 Å². The van der Waals surface area contributed by atoms with Crippen LogP contribution < -0.4 is 9.47 Å². The van der Waals surface area contributed by atoms with Crippen molar-refractivity contribution in [2.75, 3.05) is 0 Å². The van der Waals surface area contributed by atoms with Gasteiger partial charge < -0.3 is 14.6 Å². The molecule has 1 aromatic rings. The molecule has 1 aliphatic rings. The smallest absolute Gasteiger partial charge is 0.308 e. The van der Waals surface area contributed by atoms with E-state index in [-0.39, 0.29) is 22.6 Å². The summed E-state index contributed by atoms with van der Waals surface area (Å²) in [6.45, 7) is 2.47. The highest BCUT2D eigenvalue weighted by Gasteiger charge is 2.36. The lowest BCUT2D eigenvalue weighted by Crippen LogP contribution is -2.22. The van der Waals surface area contributed by atoms with Crippen molar-refractivity contribution >= 4 is 40.7 Å². The Morgan fingerprint density at radius 3 is 2.00 bits per heavy atom. The summed E-state index contributed by atoms with van der Waals surface area (Å²) in [6, 6.07) is 2.56. The summed E-state index contributed by atoms with van der Waals surface area (Å²) >= 11 is 11.5. The fraction of sp³-hybridized carbons (Fsp3) is 0.214. The molecule has 0 heterocycles. The third kappa shape index (κ3) is 2.85. The van der Waals surface area contributed by atoms with Crippen molar-refractivity contribution in [3.05, 3.63) is 33.3 Å². The number of fused-ring (bicyclic) bond motifs is 1. The molecule has 116 valence electrons. The van der Waals surface area contributed by atoms with E-state index < -0.39 is 33.9 Å². The maximum absolute atomic E-state index is 12.3. The monoisotopic (exact) mass is 344 g/mol. The van der Waals surface area contributed by atoms with E-state index in [1.54, 1.807) is 0 Å². The van der Waals surface area contributed by atoms with E-state index in [4.69, 9.17) is 32.7 Å². The number of allylic oxidation sites excluding steroid dienone is 2. The van der Waals surface area contributed by atoms with E-state index in [0.29, 0.717) is 0 Å². The molecule has 0 fully saturated rings. The molecule has 22 heavy (non-hydrogen) atoms. The van der Waals surface area contributed by atoms with Crippen molar-refractivity contribution in [2.45, 2.75) is 20.1 Å². The molecular weight excluding hydrogens is 335 g/mol. The normalized spacial score (nSPS) is 15.5. The molecule has 1 N–H and O–H groups in total. The van der Waals surface area contributed by atoms with E-state index >= 15 is 0 Å². The number of carbonyl (C=O) groups is 3. The van der Waals surface area contributed by atoms with Gasteiger partial charge in [-0.1, -0.05) is 23.2 Å². The molecule has 1 unspecified atom stereocenters. The maximum Gasteiger partial charge on any atom is 0.308 e. The highest BCUT2D eigenvalue weighted by atomic mass is 35.5. The number of Topliss-reactive ketones (excluding diaryl/α,β-unsaturated/α-hetero) is 2. The zero-order valence-electron chi connectivity index (χ0n) is 11.5. The molecule has 0 saturated carbocycles. The number of carbonyl (C=O) groups excluding carboxylic acids is 3.